The number of amides is 1. The lowest BCUT2D eigenvalue weighted by atomic mass is 10.1. The highest BCUT2D eigenvalue weighted by atomic mass is 19.3. The molecule has 0 bridgehead atoms. The van der Waals surface area contributed by atoms with Gasteiger partial charge in [-0.1, -0.05) is 24.3 Å². The number of para-hydroxylation sites is 1. The van der Waals surface area contributed by atoms with E-state index >= 15 is 0 Å². The lowest BCUT2D eigenvalue weighted by Crippen LogP contribution is -2.30. The van der Waals surface area contributed by atoms with Gasteiger partial charge in [0.15, 0.2) is 0 Å². The number of rotatable bonds is 7. The van der Waals surface area contributed by atoms with Crippen LogP contribution >= 0.6 is 0 Å². The zero-order chi connectivity index (χ0) is 18.4. The Kier molecular flexibility index (Phi) is 6.33. The van der Waals surface area contributed by atoms with E-state index in [1.807, 2.05) is 50.2 Å². The van der Waals surface area contributed by atoms with Gasteiger partial charge in [-0.15, -0.1) is 0 Å². The van der Waals surface area contributed by atoms with E-state index in [2.05, 4.69) is 4.74 Å². The number of ether oxygens (including phenoxy) is 1. The Hall–Kier alpha value is -2.63. The molecule has 25 heavy (non-hydrogen) atoms. The fraction of sp³-hybridized carbons (Fsp3) is 0.316. The van der Waals surface area contributed by atoms with Crippen LogP contribution in [0.25, 0.3) is 0 Å². The maximum Gasteiger partial charge on any atom is 0.387 e. The first-order valence-corrected chi connectivity index (χ1v) is 8.01. The van der Waals surface area contributed by atoms with Crippen molar-refractivity contribution >= 4 is 11.6 Å². The molecule has 0 unspecified atom stereocenters. The molecule has 1 amide bonds. The van der Waals surface area contributed by atoms with Gasteiger partial charge in [0, 0.05) is 32.9 Å². The van der Waals surface area contributed by atoms with Gasteiger partial charge >= 0.3 is 6.61 Å². The molecule has 134 valence electrons. The number of benzene rings is 2. The molecule has 2 aromatic carbocycles. The van der Waals surface area contributed by atoms with Crippen LogP contribution in [0.1, 0.15) is 22.8 Å². The van der Waals surface area contributed by atoms with Gasteiger partial charge in [0.2, 0.25) is 0 Å². The number of carbonyl (C=O) groups is 1. The van der Waals surface area contributed by atoms with Crippen molar-refractivity contribution in [3.05, 3.63) is 59.7 Å². The predicted molar refractivity (Wildman–Crippen MR) is 94.3 cm³/mol. The maximum atomic E-state index is 12.8. The van der Waals surface area contributed by atoms with Gasteiger partial charge in [0.05, 0.1) is 5.56 Å². The van der Waals surface area contributed by atoms with Crippen molar-refractivity contribution in [1.29, 1.82) is 0 Å². The molecule has 2 rings (SSSR count). The van der Waals surface area contributed by atoms with E-state index in [4.69, 9.17) is 0 Å². The van der Waals surface area contributed by atoms with Crippen LogP contribution in [0.4, 0.5) is 14.5 Å². The van der Waals surface area contributed by atoms with Crippen molar-refractivity contribution in [2.24, 2.45) is 0 Å². The molecule has 0 aliphatic rings. The molecule has 0 aliphatic heterocycles. The average molecular weight is 348 g/mol. The Morgan fingerprint density at radius 3 is 2.28 bits per heavy atom. The number of alkyl halides is 2. The van der Waals surface area contributed by atoms with Crippen molar-refractivity contribution < 1.29 is 18.3 Å². The maximum absolute atomic E-state index is 12.8. The monoisotopic (exact) mass is 348 g/mol. The van der Waals surface area contributed by atoms with E-state index in [9.17, 15) is 13.6 Å². The fourth-order valence-corrected chi connectivity index (χ4v) is 2.46. The average Bonchev–Trinajstić information content (AvgIpc) is 2.59. The summed E-state index contributed by atoms with van der Waals surface area (Å²) in [5, 5.41) is 0. The van der Waals surface area contributed by atoms with E-state index in [0.29, 0.717) is 13.1 Å². The van der Waals surface area contributed by atoms with Crippen LogP contribution in [0.5, 0.6) is 5.75 Å². The molecule has 2 aromatic rings. The summed E-state index contributed by atoms with van der Waals surface area (Å²) in [5.41, 5.74) is 2.16. The lowest BCUT2D eigenvalue weighted by Gasteiger charge is -2.23. The van der Waals surface area contributed by atoms with Crippen LogP contribution in [0.3, 0.4) is 0 Å². The molecule has 6 heteroatoms. The molecule has 0 radical (unpaired) electrons. The van der Waals surface area contributed by atoms with Crippen LogP contribution in [0, 0.1) is 0 Å². The topological polar surface area (TPSA) is 32.8 Å². The van der Waals surface area contributed by atoms with E-state index < -0.39 is 6.61 Å². The van der Waals surface area contributed by atoms with E-state index in [1.54, 1.807) is 17.0 Å². The Labute approximate surface area is 146 Å². The first-order valence-electron chi connectivity index (χ1n) is 8.01. The largest absolute Gasteiger partial charge is 0.434 e. The molecule has 0 aliphatic carbocycles. The number of anilines is 1. The third-order valence-corrected chi connectivity index (χ3v) is 3.83. The number of hydrogen-bond acceptors (Lipinski definition) is 3. The van der Waals surface area contributed by atoms with Gasteiger partial charge in [-0.2, -0.15) is 8.78 Å². The molecule has 0 atom stereocenters. The van der Waals surface area contributed by atoms with Crippen LogP contribution in [-0.4, -0.2) is 38.1 Å². The Morgan fingerprint density at radius 2 is 1.72 bits per heavy atom. The van der Waals surface area contributed by atoms with Crippen molar-refractivity contribution in [2.75, 3.05) is 25.5 Å². The molecule has 0 heterocycles. The van der Waals surface area contributed by atoms with Crippen molar-refractivity contribution in [2.45, 2.75) is 20.1 Å². The SMILES string of the molecule is CCN(Cc1ccc(N(C)C)cc1)C(=O)c1ccccc1OC(F)F. The second-order valence-electron chi connectivity index (χ2n) is 5.75. The number of carbonyl (C=O) groups excluding carboxylic acids is 1. The second-order valence-corrected chi connectivity index (χ2v) is 5.75. The minimum atomic E-state index is -2.97. The molecule has 0 N–H and O–H groups in total. The summed E-state index contributed by atoms with van der Waals surface area (Å²) in [6, 6.07) is 13.9. The summed E-state index contributed by atoms with van der Waals surface area (Å²) in [4.78, 5) is 16.3. The minimum Gasteiger partial charge on any atom is -0.434 e. The van der Waals surface area contributed by atoms with Gasteiger partial charge in [0.1, 0.15) is 5.75 Å². The van der Waals surface area contributed by atoms with Gasteiger partial charge in [-0.05, 0) is 36.8 Å². The van der Waals surface area contributed by atoms with Crippen LogP contribution in [0.2, 0.25) is 0 Å². The third kappa shape index (κ3) is 4.92. The third-order valence-electron chi connectivity index (χ3n) is 3.83. The van der Waals surface area contributed by atoms with Crippen molar-refractivity contribution in [3.8, 4) is 5.75 Å². The van der Waals surface area contributed by atoms with Gasteiger partial charge < -0.3 is 14.5 Å². The molecule has 0 spiro atoms. The molecule has 0 saturated carbocycles. The Balaban J connectivity index is 2.18. The van der Waals surface area contributed by atoms with Gasteiger partial charge in [0.25, 0.3) is 5.91 Å². The van der Waals surface area contributed by atoms with Crippen molar-refractivity contribution in [3.63, 3.8) is 0 Å². The quantitative estimate of drug-likeness (QED) is 0.758. The van der Waals surface area contributed by atoms with Crippen LogP contribution < -0.4 is 9.64 Å². The molecular weight excluding hydrogens is 326 g/mol. The summed E-state index contributed by atoms with van der Waals surface area (Å²) in [5.74, 6) is -0.445. The highest BCUT2D eigenvalue weighted by Crippen LogP contribution is 2.23. The Morgan fingerprint density at radius 1 is 1.08 bits per heavy atom. The summed E-state index contributed by atoms with van der Waals surface area (Å²) < 4.78 is 29.6. The van der Waals surface area contributed by atoms with Crippen LogP contribution in [0.15, 0.2) is 48.5 Å². The highest BCUT2D eigenvalue weighted by Gasteiger charge is 2.20. The first-order chi connectivity index (χ1) is 11.9. The smallest absolute Gasteiger partial charge is 0.387 e. The fourth-order valence-electron chi connectivity index (χ4n) is 2.46. The molecular formula is C19H22F2N2O2. The normalized spacial score (nSPS) is 10.6. The van der Waals surface area contributed by atoms with E-state index in [-0.39, 0.29) is 17.2 Å². The number of halogens is 2. The lowest BCUT2D eigenvalue weighted by molar-refractivity contribution is -0.0502. The van der Waals surface area contributed by atoms with Gasteiger partial charge in [-0.25, -0.2) is 0 Å². The Bertz CT molecular complexity index is 703. The summed E-state index contributed by atoms with van der Waals surface area (Å²) in [6.45, 7) is -0.269. The van der Waals surface area contributed by atoms with Gasteiger partial charge in [-0.3, -0.25) is 4.79 Å². The summed E-state index contributed by atoms with van der Waals surface area (Å²) in [7, 11) is 3.91. The molecule has 0 aromatic heterocycles. The van der Waals surface area contributed by atoms with Crippen LogP contribution in [-0.2, 0) is 6.54 Å². The standard InChI is InChI=1S/C19H22F2N2O2/c1-4-23(13-14-9-11-15(12-10-14)22(2)3)18(24)16-7-5-6-8-17(16)25-19(20)21/h5-12,19H,4,13H2,1-3H3. The first kappa shape index (κ1) is 18.7. The second kappa shape index (κ2) is 8.46. The van der Waals surface area contributed by atoms with E-state index in [0.717, 1.165) is 11.3 Å². The number of nitrogens with zero attached hydrogens (tertiary/aromatic N) is 2. The summed E-state index contributed by atoms with van der Waals surface area (Å²) >= 11 is 0. The molecule has 0 fully saturated rings. The summed E-state index contributed by atoms with van der Waals surface area (Å²) in [6.07, 6.45) is 0. The number of hydrogen-bond donors (Lipinski definition) is 0. The molecule has 0 saturated heterocycles. The van der Waals surface area contributed by atoms with E-state index in [1.165, 1.54) is 12.1 Å². The van der Waals surface area contributed by atoms with Crippen molar-refractivity contribution in [1.82, 2.24) is 4.90 Å². The highest BCUT2D eigenvalue weighted by molar-refractivity contribution is 5.96. The zero-order valence-corrected chi connectivity index (χ0v) is 14.6. The molecule has 4 nitrogen and oxygen atoms in total. The minimum absolute atomic E-state index is 0.107. The predicted octanol–water partition coefficient (Wildman–Crippen LogP) is 4.02. The zero-order valence-electron chi connectivity index (χ0n) is 14.6.